The summed E-state index contributed by atoms with van der Waals surface area (Å²) in [5, 5.41) is 12.9. The quantitative estimate of drug-likeness (QED) is 0.824. The number of hydrogen-bond donors (Lipinski definition) is 2. The van der Waals surface area contributed by atoms with E-state index < -0.39 is 5.97 Å². The zero-order valence-corrected chi connectivity index (χ0v) is 12.1. The summed E-state index contributed by atoms with van der Waals surface area (Å²) in [6, 6.07) is 2.03. The molecular weight excluding hydrogens is 278 g/mol. The van der Waals surface area contributed by atoms with Crippen molar-refractivity contribution >= 4 is 28.0 Å². The van der Waals surface area contributed by atoms with E-state index in [1.807, 2.05) is 6.07 Å². The van der Waals surface area contributed by atoms with E-state index in [-0.39, 0.29) is 16.7 Å². The van der Waals surface area contributed by atoms with E-state index in [9.17, 15) is 4.79 Å². The first-order chi connectivity index (χ1) is 9.67. The van der Waals surface area contributed by atoms with Gasteiger partial charge in [-0.2, -0.15) is 5.26 Å². The van der Waals surface area contributed by atoms with Gasteiger partial charge in [0.15, 0.2) is 0 Å². The van der Waals surface area contributed by atoms with Crippen LogP contribution in [0.2, 0.25) is 0 Å². The lowest BCUT2D eigenvalue weighted by Crippen LogP contribution is -2.26. The van der Waals surface area contributed by atoms with Crippen LogP contribution in [-0.2, 0) is 9.47 Å². The maximum Gasteiger partial charge on any atom is 0.350 e. The lowest BCUT2D eigenvalue weighted by atomic mass is 10.1. The Morgan fingerprint density at radius 1 is 1.65 bits per heavy atom. The number of carbonyl (C=O) groups excluding carboxylic acids is 1. The smallest absolute Gasteiger partial charge is 0.350 e. The first-order valence-corrected chi connectivity index (χ1v) is 7.25. The van der Waals surface area contributed by atoms with Crippen LogP contribution in [-0.4, -0.2) is 32.3 Å². The number of carbonyl (C=O) groups is 1. The molecule has 2 rings (SSSR count). The highest BCUT2D eigenvalue weighted by atomic mass is 32.1. The van der Waals surface area contributed by atoms with Crippen LogP contribution in [0, 0.1) is 11.3 Å². The number of ether oxygens (including phenoxy) is 2. The SMILES string of the molecule is COC(=O)c1sc(NCC2CCCCO2)c(C#N)c1N. The van der Waals surface area contributed by atoms with Gasteiger partial charge in [0.1, 0.15) is 21.5 Å². The molecule has 7 heteroatoms. The molecule has 1 aromatic rings. The maximum absolute atomic E-state index is 11.6. The molecule has 1 fully saturated rings. The molecule has 0 amide bonds. The van der Waals surface area contributed by atoms with Crippen LogP contribution < -0.4 is 11.1 Å². The van der Waals surface area contributed by atoms with E-state index >= 15 is 0 Å². The second-order valence-corrected chi connectivity index (χ2v) is 5.54. The minimum absolute atomic E-state index is 0.139. The van der Waals surface area contributed by atoms with Gasteiger partial charge in [0.2, 0.25) is 0 Å². The van der Waals surface area contributed by atoms with E-state index in [1.165, 1.54) is 7.11 Å². The third-order valence-corrected chi connectivity index (χ3v) is 4.34. The van der Waals surface area contributed by atoms with Crippen LogP contribution in [0.1, 0.15) is 34.5 Å². The topological polar surface area (TPSA) is 97.4 Å². The van der Waals surface area contributed by atoms with Gasteiger partial charge in [-0.15, -0.1) is 11.3 Å². The van der Waals surface area contributed by atoms with Crippen molar-refractivity contribution in [3.8, 4) is 6.07 Å². The van der Waals surface area contributed by atoms with E-state index in [4.69, 9.17) is 15.7 Å². The molecule has 0 bridgehead atoms. The lowest BCUT2D eigenvalue weighted by Gasteiger charge is -2.22. The van der Waals surface area contributed by atoms with Gasteiger partial charge < -0.3 is 20.5 Å². The van der Waals surface area contributed by atoms with Crippen molar-refractivity contribution in [3.05, 3.63) is 10.4 Å². The molecule has 20 heavy (non-hydrogen) atoms. The van der Waals surface area contributed by atoms with Gasteiger partial charge in [0.25, 0.3) is 0 Å². The Bertz CT molecular complexity index is 530. The number of anilines is 2. The molecule has 0 saturated carbocycles. The van der Waals surface area contributed by atoms with Crippen LogP contribution in [0.15, 0.2) is 0 Å². The van der Waals surface area contributed by atoms with Crippen LogP contribution in [0.5, 0.6) is 0 Å². The minimum atomic E-state index is -0.522. The molecule has 1 aliphatic rings. The van der Waals surface area contributed by atoms with Crippen LogP contribution in [0.4, 0.5) is 10.7 Å². The van der Waals surface area contributed by atoms with Crippen molar-refractivity contribution in [1.29, 1.82) is 5.26 Å². The van der Waals surface area contributed by atoms with Gasteiger partial charge >= 0.3 is 5.97 Å². The van der Waals surface area contributed by atoms with E-state index in [0.29, 0.717) is 17.1 Å². The van der Waals surface area contributed by atoms with Crippen LogP contribution in [0.25, 0.3) is 0 Å². The summed E-state index contributed by atoms with van der Waals surface area (Å²) < 4.78 is 10.3. The Morgan fingerprint density at radius 2 is 2.45 bits per heavy atom. The minimum Gasteiger partial charge on any atom is -0.465 e. The molecule has 0 spiro atoms. The molecule has 1 unspecified atom stereocenters. The average molecular weight is 295 g/mol. The Balaban J connectivity index is 2.10. The Kier molecular flexibility index (Phi) is 4.82. The third-order valence-electron chi connectivity index (χ3n) is 3.19. The monoisotopic (exact) mass is 295 g/mol. The van der Waals surface area contributed by atoms with E-state index in [2.05, 4.69) is 10.1 Å². The number of thiophene rings is 1. The Labute approximate surface area is 121 Å². The number of methoxy groups -OCH3 is 1. The fourth-order valence-electron chi connectivity index (χ4n) is 2.10. The molecule has 1 saturated heterocycles. The van der Waals surface area contributed by atoms with Crippen molar-refractivity contribution in [1.82, 2.24) is 0 Å². The van der Waals surface area contributed by atoms with Crippen molar-refractivity contribution in [2.75, 3.05) is 31.3 Å². The highest BCUT2D eigenvalue weighted by Crippen LogP contribution is 2.35. The molecule has 0 aliphatic carbocycles. The van der Waals surface area contributed by atoms with Gasteiger partial charge in [-0.3, -0.25) is 0 Å². The van der Waals surface area contributed by atoms with Gasteiger partial charge in [-0.05, 0) is 19.3 Å². The zero-order chi connectivity index (χ0) is 14.5. The highest BCUT2D eigenvalue weighted by Gasteiger charge is 2.22. The third kappa shape index (κ3) is 3.03. The molecule has 1 aliphatic heterocycles. The first kappa shape index (κ1) is 14.6. The fourth-order valence-corrected chi connectivity index (χ4v) is 3.09. The number of nitrogens with zero attached hydrogens (tertiary/aromatic N) is 1. The number of hydrogen-bond acceptors (Lipinski definition) is 7. The second kappa shape index (κ2) is 6.59. The predicted molar refractivity (Wildman–Crippen MR) is 76.9 cm³/mol. The van der Waals surface area contributed by atoms with Crippen molar-refractivity contribution in [3.63, 3.8) is 0 Å². The number of nitrogens with one attached hydrogen (secondary N) is 1. The standard InChI is InChI=1S/C13H17N3O3S/c1-18-13(17)11-10(15)9(6-14)12(20-11)16-7-8-4-2-3-5-19-8/h8,16H,2-5,7,15H2,1H3. The maximum atomic E-state index is 11.6. The summed E-state index contributed by atoms with van der Waals surface area (Å²) in [5.41, 5.74) is 6.29. The summed E-state index contributed by atoms with van der Waals surface area (Å²) in [5.74, 6) is -0.522. The molecule has 1 atom stereocenters. The number of nitrogens with two attached hydrogens (primary N) is 1. The molecule has 108 valence electrons. The van der Waals surface area contributed by atoms with Gasteiger partial charge in [-0.25, -0.2) is 4.79 Å². The van der Waals surface area contributed by atoms with Crippen LogP contribution in [0.3, 0.4) is 0 Å². The summed E-state index contributed by atoms with van der Waals surface area (Å²) in [6.45, 7) is 1.38. The molecule has 0 radical (unpaired) electrons. The lowest BCUT2D eigenvalue weighted by molar-refractivity contribution is 0.0248. The fraction of sp³-hybridized carbons (Fsp3) is 0.538. The molecule has 6 nitrogen and oxygen atoms in total. The van der Waals surface area contributed by atoms with Crippen molar-refractivity contribution in [2.45, 2.75) is 25.4 Å². The van der Waals surface area contributed by atoms with E-state index in [1.54, 1.807) is 0 Å². The molecule has 3 N–H and O–H groups in total. The predicted octanol–water partition coefficient (Wildman–Crippen LogP) is 1.97. The van der Waals surface area contributed by atoms with Crippen molar-refractivity contribution in [2.24, 2.45) is 0 Å². The summed E-state index contributed by atoms with van der Waals surface area (Å²) in [6.07, 6.45) is 3.38. The first-order valence-electron chi connectivity index (χ1n) is 6.43. The highest BCUT2D eigenvalue weighted by molar-refractivity contribution is 7.18. The Morgan fingerprint density at radius 3 is 3.05 bits per heavy atom. The number of rotatable bonds is 4. The number of esters is 1. The summed E-state index contributed by atoms with van der Waals surface area (Å²) in [4.78, 5) is 11.8. The molecule has 2 heterocycles. The summed E-state index contributed by atoms with van der Waals surface area (Å²) >= 11 is 1.14. The van der Waals surface area contributed by atoms with Gasteiger partial charge in [0.05, 0.1) is 18.9 Å². The van der Waals surface area contributed by atoms with Gasteiger partial charge in [-0.1, -0.05) is 0 Å². The molecule has 0 aromatic carbocycles. The number of nitrogen functional groups attached to an aromatic ring is 1. The van der Waals surface area contributed by atoms with E-state index in [0.717, 1.165) is 37.2 Å². The van der Waals surface area contributed by atoms with Gasteiger partial charge in [0, 0.05) is 13.2 Å². The molecular formula is C13H17N3O3S. The number of nitriles is 1. The second-order valence-electron chi connectivity index (χ2n) is 4.52. The molecule has 1 aromatic heterocycles. The van der Waals surface area contributed by atoms with Crippen LogP contribution >= 0.6 is 11.3 Å². The normalized spacial score (nSPS) is 18.3. The average Bonchev–Trinajstić information content (AvgIpc) is 2.81. The van der Waals surface area contributed by atoms with Crippen molar-refractivity contribution < 1.29 is 14.3 Å². The zero-order valence-electron chi connectivity index (χ0n) is 11.3. The Hall–Kier alpha value is -1.78. The largest absolute Gasteiger partial charge is 0.465 e. The summed E-state index contributed by atoms with van der Waals surface area (Å²) in [7, 11) is 1.29.